The van der Waals surface area contributed by atoms with Gasteiger partial charge in [0.25, 0.3) is 11.8 Å². The van der Waals surface area contributed by atoms with Crippen molar-refractivity contribution in [1.29, 1.82) is 0 Å². The summed E-state index contributed by atoms with van der Waals surface area (Å²) in [5.41, 5.74) is 7.36. The van der Waals surface area contributed by atoms with Crippen molar-refractivity contribution in [2.45, 2.75) is 26.2 Å². The monoisotopic (exact) mass is 322 g/mol. The van der Waals surface area contributed by atoms with Crippen LogP contribution in [0.3, 0.4) is 0 Å². The molecular formula is C20H22N2O2. The van der Waals surface area contributed by atoms with Crippen molar-refractivity contribution in [2.75, 3.05) is 0 Å². The SMILES string of the molecule is CC(C)(C)c1ccc(C(=O)NNC(=O)C=Cc2ccccc2)cc1. The molecule has 0 saturated heterocycles. The lowest BCUT2D eigenvalue weighted by Gasteiger charge is -2.19. The molecule has 2 aromatic rings. The summed E-state index contributed by atoms with van der Waals surface area (Å²) in [5.74, 6) is -0.740. The molecule has 0 bridgehead atoms. The van der Waals surface area contributed by atoms with E-state index in [1.54, 1.807) is 18.2 Å². The molecule has 24 heavy (non-hydrogen) atoms. The predicted octanol–water partition coefficient (Wildman–Crippen LogP) is 3.46. The molecule has 2 rings (SSSR count). The molecule has 0 saturated carbocycles. The fraction of sp³-hybridized carbons (Fsp3) is 0.200. The summed E-state index contributed by atoms with van der Waals surface area (Å²) in [6.45, 7) is 6.34. The van der Waals surface area contributed by atoms with Crippen molar-refractivity contribution < 1.29 is 9.59 Å². The van der Waals surface area contributed by atoms with E-state index in [-0.39, 0.29) is 11.3 Å². The first-order valence-electron chi connectivity index (χ1n) is 7.80. The summed E-state index contributed by atoms with van der Waals surface area (Å²) in [6, 6.07) is 16.8. The van der Waals surface area contributed by atoms with Crippen LogP contribution < -0.4 is 10.9 Å². The van der Waals surface area contributed by atoms with Gasteiger partial charge in [0.05, 0.1) is 0 Å². The summed E-state index contributed by atoms with van der Waals surface area (Å²) in [5, 5.41) is 0. The lowest BCUT2D eigenvalue weighted by molar-refractivity contribution is -0.117. The predicted molar refractivity (Wildman–Crippen MR) is 96.2 cm³/mol. The van der Waals surface area contributed by atoms with E-state index in [0.717, 1.165) is 11.1 Å². The van der Waals surface area contributed by atoms with Crippen LogP contribution in [0, 0.1) is 0 Å². The molecule has 0 aliphatic rings. The molecule has 4 nitrogen and oxygen atoms in total. The van der Waals surface area contributed by atoms with Crippen LogP contribution in [0.2, 0.25) is 0 Å². The minimum Gasteiger partial charge on any atom is -0.268 e. The Balaban J connectivity index is 1.88. The van der Waals surface area contributed by atoms with Crippen molar-refractivity contribution in [3.8, 4) is 0 Å². The smallest absolute Gasteiger partial charge is 0.268 e. The van der Waals surface area contributed by atoms with E-state index in [0.29, 0.717) is 5.56 Å². The maximum absolute atomic E-state index is 12.0. The third-order valence-corrected chi connectivity index (χ3v) is 3.54. The zero-order valence-corrected chi connectivity index (χ0v) is 14.2. The van der Waals surface area contributed by atoms with E-state index in [1.807, 2.05) is 42.5 Å². The second-order valence-electron chi connectivity index (χ2n) is 6.51. The Bertz CT molecular complexity index is 726. The average molecular weight is 322 g/mol. The number of hydrogen-bond donors (Lipinski definition) is 2. The second kappa shape index (κ2) is 7.59. The normalized spacial score (nSPS) is 11.3. The number of hydrogen-bond acceptors (Lipinski definition) is 2. The number of hydrazine groups is 1. The van der Waals surface area contributed by atoms with Crippen molar-refractivity contribution >= 4 is 17.9 Å². The van der Waals surface area contributed by atoms with Gasteiger partial charge in [-0.1, -0.05) is 63.2 Å². The number of carbonyl (C=O) groups excluding carboxylic acids is 2. The van der Waals surface area contributed by atoms with Crippen LogP contribution in [0.1, 0.15) is 42.3 Å². The summed E-state index contributed by atoms with van der Waals surface area (Å²) in [4.78, 5) is 23.8. The van der Waals surface area contributed by atoms with Crippen LogP contribution in [0.25, 0.3) is 6.08 Å². The molecule has 0 spiro atoms. The molecule has 0 fully saturated rings. The highest BCUT2D eigenvalue weighted by atomic mass is 16.2. The van der Waals surface area contributed by atoms with Crippen LogP contribution in [-0.4, -0.2) is 11.8 Å². The summed E-state index contributed by atoms with van der Waals surface area (Å²) in [7, 11) is 0. The van der Waals surface area contributed by atoms with Gasteiger partial charge in [-0.2, -0.15) is 0 Å². The Hall–Kier alpha value is -2.88. The van der Waals surface area contributed by atoms with Gasteiger partial charge in [-0.25, -0.2) is 0 Å². The van der Waals surface area contributed by atoms with Gasteiger partial charge in [-0.3, -0.25) is 20.4 Å². The van der Waals surface area contributed by atoms with Gasteiger partial charge in [0.1, 0.15) is 0 Å². The molecule has 124 valence electrons. The van der Waals surface area contributed by atoms with E-state index in [9.17, 15) is 9.59 Å². The van der Waals surface area contributed by atoms with E-state index in [1.165, 1.54) is 6.08 Å². The minimum absolute atomic E-state index is 0.0332. The Morgan fingerprint density at radius 1 is 0.875 bits per heavy atom. The number of carbonyl (C=O) groups is 2. The third kappa shape index (κ3) is 5.09. The maximum atomic E-state index is 12.0. The first-order valence-corrected chi connectivity index (χ1v) is 7.80. The van der Waals surface area contributed by atoms with Crippen LogP contribution in [-0.2, 0) is 10.2 Å². The van der Waals surface area contributed by atoms with Gasteiger partial charge in [0.2, 0.25) is 0 Å². The lowest BCUT2D eigenvalue weighted by atomic mass is 9.87. The van der Waals surface area contributed by atoms with Gasteiger partial charge in [0, 0.05) is 11.6 Å². The average Bonchev–Trinajstić information content (AvgIpc) is 2.58. The molecule has 2 N–H and O–H groups in total. The van der Waals surface area contributed by atoms with Crippen molar-refractivity contribution in [1.82, 2.24) is 10.9 Å². The van der Waals surface area contributed by atoms with Crippen LogP contribution in [0.15, 0.2) is 60.7 Å². The van der Waals surface area contributed by atoms with Crippen LogP contribution in [0.5, 0.6) is 0 Å². The maximum Gasteiger partial charge on any atom is 0.269 e. The fourth-order valence-corrected chi connectivity index (χ4v) is 2.09. The van der Waals surface area contributed by atoms with E-state index < -0.39 is 5.91 Å². The summed E-state index contributed by atoms with van der Waals surface area (Å²) < 4.78 is 0. The topological polar surface area (TPSA) is 58.2 Å². The fourth-order valence-electron chi connectivity index (χ4n) is 2.09. The third-order valence-electron chi connectivity index (χ3n) is 3.54. The Morgan fingerprint density at radius 3 is 2.08 bits per heavy atom. The molecule has 0 aliphatic heterocycles. The quantitative estimate of drug-likeness (QED) is 0.671. The number of benzene rings is 2. The molecule has 2 amide bonds. The number of amides is 2. The molecule has 0 heterocycles. The van der Waals surface area contributed by atoms with Crippen LogP contribution >= 0.6 is 0 Å². The Kier molecular flexibility index (Phi) is 5.53. The molecule has 0 atom stereocenters. The molecule has 2 aromatic carbocycles. The molecule has 0 aromatic heterocycles. The van der Waals surface area contributed by atoms with Gasteiger partial charge in [-0.15, -0.1) is 0 Å². The first kappa shape index (κ1) is 17.5. The van der Waals surface area contributed by atoms with Gasteiger partial charge >= 0.3 is 0 Å². The van der Waals surface area contributed by atoms with Gasteiger partial charge in [0.15, 0.2) is 0 Å². The highest BCUT2D eigenvalue weighted by molar-refractivity contribution is 5.97. The van der Waals surface area contributed by atoms with Crippen molar-refractivity contribution in [3.05, 3.63) is 77.4 Å². The number of nitrogens with one attached hydrogen (secondary N) is 2. The van der Waals surface area contributed by atoms with Gasteiger partial charge < -0.3 is 0 Å². The minimum atomic E-state index is -0.390. The molecule has 0 radical (unpaired) electrons. The van der Waals surface area contributed by atoms with Crippen LogP contribution in [0.4, 0.5) is 0 Å². The Labute approximate surface area is 142 Å². The first-order chi connectivity index (χ1) is 11.4. The summed E-state index contributed by atoms with van der Waals surface area (Å²) >= 11 is 0. The Morgan fingerprint density at radius 2 is 1.50 bits per heavy atom. The second-order valence-corrected chi connectivity index (χ2v) is 6.51. The zero-order valence-electron chi connectivity index (χ0n) is 14.2. The molecule has 0 aliphatic carbocycles. The number of rotatable bonds is 3. The molecule has 0 unspecified atom stereocenters. The molecule has 4 heteroatoms. The van der Waals surface area contributed by atoms with Crippen molar-refractivity contribution in [3.63, 3.8) is 0 Å². The van der Waals surface area contributed by atoms with E-state index in [4.69, 9.17) is 0 Å². The van der Waals surface area contributed by atoms with Crippen molar-refractivity contribution in [2.24, 2.45) is 0 Å². The van der Waals surface area contributed by atoms with E-state index in [2.05, 4.69) is 31.6 Å². The zero-order chi connectivity index (χ0) is 17.6. The van der Waals surface area contributed by atoms with E-state index >= 15 is 0 Å². The molecular weight excluding hydrogens is 300 g/mol. The van der Waals surface area contributed by atoms with Gasteiger partial charge in [-0.05, 0) is 34.8 Å². The lowest BCUT2D eigenvalue weighted by Crippen LogP contribution is -2.40. The highest BCUT2D eigenvalue weighted by Crippen LogP contribution is 2.22. The standard InChI is InChI=1S/C20H22N2O2/c1-20(2,3)17-12-10-16(11-13-17)19(24)22-21-18(23)14-9-15-7-5-4-6-8-15/h4-14H,1-3H3,(H,21,23)(H,22,24). The highest BCUT2D eigenvalue weighted by Gasteiger charge is 2.14. The summed E-state index contributed by atoms with van der Waals surface area (Å²) in [6.07, 6.45) is 3.05. The largest absolute Gasteiger partial charge is 0.269 e.